The van der Waals surface area contributed by atoms with Crippen LogP contribution in [-0.2, 0) is 15.6 Å². The Morgan fingerprint density at radius 2 is 2.05 bits per heavy atom. The van der Waals surface area contributed by atoms with Crippen molar-refractivity contribution in [3.63, 3.8) is 0 Å². The summed E-state index contributed by atoms with van der Waals surface area (Å²) in [6.45, 7) is 3.51. The number of thiazole rings is 1. The topological polar surface area (TPSA) is 72.0 Å². The lowest BCUT2D eigenvalue weighted by Crippen LogP contribution is -2.40. The zero-order chi connectivity index (χ0) is 14.1. The molecule has 1 N–H and O–H groups in total. The fourth-order valence-corrected chi connectivity index (χ4v) is 3.71. The lowest BCUT2D eigenvalue weighted by molar-refractivity contribution is 0.469. The van der Waals surface area contributed by atoms with E-state index in [-0.39, 0.29) is 10.0 Å². The summed E-state index contributed by atoms with van der Waals surface area (Å²) in [5.74, 6) is 0. The van der Waals surface area contributed by atoms with E-state index < -0.39 is 15.6 Å². The van der Waals surface area contributed by atoms with Gasteiger partial charge in [0.05, 0.1) is 5.54 Å². The molecule has 0 saturated heterocycles. The largest absolute Gasteiger partial charge is 0.248 e. The SMILES string of the molecule is CC(C)(NS(=O)(=O)c1ccc(Cl)nc1)c1nccs1. The second-order valence-electron chi connectivity index (χ2n) is 4.38. The van der Waals surface area contributed by atoms with E-state index in [9.17, 15) is 8.42 Å². The Bertz CT molecular complexity index is 652. The van der Waals surface area contributed by atoms with E-state index >= 15 is 0 Å². The minimum Gasteiger partial charge on any atom is -0.248 e. The maximum Gasteiger partial charge on any atom is 0.242 e. The number of pyridine rings is 1. The highest BCUT2D eigenvalue weighted by atomic mass is 35.5. The van der Waals surface area contributed by atoms with Gasteiger partial charge >= 0.3 is 0 Å². The van der Waals surface area contributed by atoms with Gasteiger partial charge < -0.3 is 0 Å². The summed E-state index contributed by atoms with van der Waals surface area (Å²) in [7, 11) is -3.67. The zero-order valence-electron chi connectivity index (χ0n) is 10.3. The third kappa shape index (κ3) is 3.30. The molecule has 0 radical (unpaired) electrons. The Kier molecular flexibility index (Phi) is 3.91. The molecule has 0 spiro atoms. The Balaban J connectivity index is 2.29. The van der Waals surface area contributed by atoms with Gasteiger partial charge in [0.1, 0.15) is 15.1 Å². The van der Waals surface area contributed by atoms with Gasteiger partial charge in [0.2, 0.25) is 10.0 Å². The first-order valence-corrected chi connectivity index (χ1v) is 8.11. The molecule has 2 aromatic rings. The summed E-state index contributed by atoms with van der Waals surface area (Å²) in [5.41, 5.74) is -0.785. The second-order valence-corrected chi connectivity index (χ2v) is 7.35. The molecule has 8 heteroatoms. The number of halogens is 1. The Hall–Kier alpha value is -1.02. The van der Waals surface area contributed by atoms with E-state index in [1.807, 2.05) is 0 Å². The predicted molar refractivity (Wildman–Crippen MR) is 74.7 cm³/mol. The summed E-state index contributed by atoms with van der Waals surface area (Å²) in [4.78, 5) is 7.98. The van der Waals surface area contributed by atoms with Crippen LogP contribution >= 0.6 is 22.9 Å². The summed E-state index contributed by atoms with van der Waals surface area (Å²) >= 11 is 7.03. The molecule has 5 nitrogen and oxygen atoms in total. The van der Waals surface area contributed by atoms with Crippen LogP contribution in [0.25, 0.3) is 0 Å². The number of nitrogens with zero attached hydrogens (tertiary/aromatic N) is 2. The molecule has 0 saturated carbocycles. The number of hydrogen-bond acceptors (Lipinski definition) is 5. The lowest BCUT2D eigenvalue weighted by atomic mass is 10.1. The van der Waals surface area contributed by atoms with Crippen LogP contribution in [0.15, 0.2) is 34.8 Å². The summed E-state index contributed by atoms with van der Waals surface area (Å²) in [6, 6.07) is 2.85. The smallest absolute Gasteiger partial charge is 0.242 e. The van der Waals surface area contributed by atoms with Gasteiger partial charge in [0, 0.05) is 17.8 Å². The molecule has 0 aliphatic carbocycles. The Labute approximate surface area is 120 Å². The normalized spacial score (nSPS) is 12.6. The molecule has 19 heavy (non-hydrogen) atoms. The van der Waals surface area contributed by atoms with Crippen LogP contribution in [0.3, 0.4) is 0 Å². The van der Waals surface area contributed by atoms with Crippen molar-refractivity contribution in [1.82, 2.24) is 14.7 Å². The maximum absolute atomic E-state index is 12.2. The first kappa shape index (κ1) is 14.4. The fraction of sp³-hybridized carbons (Fsp3) is 0.273. The Morgan fingerprint density at radius 1 is 1.32 bits per heavy atom. The van der Waals surface area contributed by atoms with Crippen molar-refractivity contribution in [2.24, 2.45) is 0 Å². The first-order chi connectivity index (χ1) is 8.81. The van der Waals surface area contributed by atoms with Gasteiger partial charge in [-0.05, 0) is 26.0 Å². The molecule has 2 heterocycles. The third-order valence-electron chi connectivity index (χ3n) is 2.37. The standard InChI is InChI=1S/C11H12ClN3O2S2/c1-11(2,10-13-5-6-18-10)15-19(16,17)8-3-4-9(12)14-7-8/h3-7,15H,1-2H3. The van der Waals surface area contributed by atoms with Gasteiger partial charge in [-0.3, -0.25) is 0 Å². The number of aromatic nitrogens is 2. The van der Waals surface area contributed by atoms with Crippen LogP contribution in [-0.4, -0.2) is 18.4 Å². The van der Waals surface area contributed by atoms with Crippen LogP contribution in [0.2, 0.25) is 5.15 Å². The van der Waals surface area contributed by atoms with Crippen molar-refractivity contribution in [1.29, 1.82) is 0 Å². The molecular weight excluding hydrogens is 306 g/mol. The van der Waals surface area contributed by atoms with Gasteiger partial charge in [-0.25, -0.2) is 18.4 Å². The average Bonchev–Trinajstić information content (AvgIpc) is 2.82. The van der Waals surface area contributed by atoms with E-state index in [1.54, 1.807) is 25.4 Å². The average molecular weight is 318 g/mol. The molecule has 0 aromatic carbocycles. The van der Waals surface area contributed by atoms with Gasteiger partial charge in [0.15, 0.2) is 0 Å². The molecule has 0 amide bonds. The van der Waals surface area contributed by atoms with Crippen molar-refractivity contribution in [2.45, 2.75) is 24.3 Å². The maximum atomic E-state index is 12.2. The molecule has 0 aliphatic rings. The summed E-state index contributed by atoms with van der Waals surface area (Å²) in [5, 5.41) is 2.74. The minimum absolute atomic E-state index is 0.0709. The van der Waals surface area contributed by atoms with Crippen molar-refractivity contribution >= 4 is 33.0 Å². The number of sulfonamides is 1. The van der Waals surface area contributed by atoms with Gasteiger partial charge in [-0.1, -0.05) is 11.6 Å². The van der Waals surface area contributed by atoms with Gasteiger partial charge in [0.25, 0.3) is 0 Å². The molecule has 2 rings (SSSR count). The monoisotopic (exact) mass is 317 g/mol. The van der Waals surface area contributed by atoms with E-state index in [1.165, 1.54) is 29.7 Å². The van der Waals surface area contributed by atoms with Crippen molar-refractivity contribution in [2.75, 3.05) is 0 Å². The quantitative estimate of drug-likeness (QED) is 0.879. The highest BCUT2D eigenvalue weighted by Crippen LogP contribution is 2.24. The molecule has 0 fully saturated rings. The number of rotatable bonds is 4. The molecular formula is C11H12ClN3O2S2. The van der Waals surface area contributed by atoms with E-state index in [0.29, 0.717) is 5.01 Å². The van der Waals surface area contributed by atoms with E-state index in [0.717, 1.165) is 0 Å². The second kappa shape index (κ2) is 5.16. The van der Waals surface area contributed by atoms with E-state index in [2.05, 4.69) is 14.7 Å². The lowest BCUT2D eigenvalue weighted by Gasteiger charge is -2.23. The first-order valence-electron chi connectivity index (χ1n) is 5.37. The van der Waals surface area contributed by atoms with Crippen LogP contribution in [0.1, 0.15) is 18.9 Å². The number of hydrogen-bond donors (Lipinski definition) is 1. The fourth-order valence-electron chi connectivity index (χ4n) is 1.49. The molecule has 0 aliphatic heterocycles. The highest BCUT2D eigenvalue weighted by molar-refractivity contribution is 7.89. The van der Waals surface area contributed by atoms with Crippen molar-refractivity contribution in [3.05, 3.63) is 40.1 Å². The molecule has 0 unspecified atom stereocenters. The van der Waals surface area contributed by atoms with Crippen molar-refractivity contribution in [3.8, 4) is 0 Å². The minimum atomic E-state index is -3.67. The summed E-state index contributed by atoms with van der Waals surface area (Å²) in [6.07, 6.45) is 2.86. The van der Waals surface area contributed by atoms with Crippen molar-refractivity contribution < 1.29 is 8.42 Å². The third-order valence-corrected chi connectivity index (χ3v) is 5.33. The van der Waals surface area contributed by atoms with Gasteiger partial charge in [-0.15, -0.1) is 11.3 Å². The predicted octanol–water partition coefficient (Wildman–Crippen LogP) is 2.41. The molecule has 102 valence electrons. The van der Waals surface area contributed by atoms with Gasteiger partial charge in [-0.2, -0.15) is 4.72 Å². The van der Waals surface area contributed by atoms with Crippen LogP contribution in [0.4, 0.5) is 0 Å². The highest BCUT2D eigenvalue weighted by Gasteiger charge is 2.30. The molecule has 2 aromatic heterocycles. The summed E-state index contributed by atoms with van der Waals surface area (Å²) < 4.78 is 27.1. The van der Waals surface area contributed by atoms with Crippen LogP contribution in [0.5, 0.6) is 0 Å². The Morgan fingerprint density at radius 3 is 2.58 bits per heavy atom. The van der Waals surface area contributed by atoms with Crippen LogP contribution < -0.4 is 4.72 Å². The van der Waals surface area contributed by atoms with E-state index in [4.69, 9.17) is 11.6 Å². The van der Waals surface area contributed by atoms with Crippen LogP contribution in [0, 0.1) is 0 Å². The number of nitrogens with one attached hydrogen (secondary N) is 1. The molecule has 0 bridgehead atoms. The molecule has 0 atom stereocenters. The zero-order valence-corrected chi connectivity index (χ0v) is 12.7.